The van der Waals surface area contributed by atoms with Gasteiger partial charge < -0.3 is 14.2 Å². The van der Waals surface area contributed by atoms with Gasteiger partial charge in [0.1, 0.15) is 23.2 Å². The highest BCUT2D eigenvalue weighted by Crippen LogP contribution is 2.56. The number of ether oxygens (including phenoxy) is 3. The third kappa shape index (κ3) is 7.24. The summed E-state index contributed by atoms with van der Waals surface area (Å²) in [6.07, 6.45) is 8.55. The van der Waals surface area contributed by atoms with Crippen molar-refractivity contribution in [1.82, 2.24) is 0 Å². The molecule has 0 radical (unpaired) electrons. The van der Waals surface area contributed by atoms with Crippen LogP contribution in [0.5, 0.6) is 0 Å². The van der Waals surface area contributed by atoms with E-state index in [1.54, 1.807) is 0 Å². The zero-order chi connectivity index (χ0) is 24.2. The zero-order valence-electron chi connectivity index (χ0n) is 21.1. The second-order valence-electron chi connectivity index (χ2n) is 9.42. The van der Waals surface area contributed by atoms with Gasteiger partial charge in [-0.3, -0.25) is 0 Å². The fourth-order valence-electron chi connectivity index (χ4n) is 5.06. The molecule has 1 saturated heterocycles. The highest BCUT2D eigenvalue weighted by atomic mass is 31.2. The Morgan fingerprint density at radius 1 is 0.714 bits per heavy atom. The second kappa shape index (κ2) is 13.9. The van der Waals surface area contributed by atoms with Crippen LogP contribution in [-0.4, -0.2) is 38.4 Å². The minimum Gasteiger partial charge on any atom is -0.374 e. The van der Waals surface area contributed by atoms with Gasteiger partial charge in [-0.1, -0.05) is 73.9 Å². The Morgan fingerprint density at radius 3 is 1.74 bits per heavy atom. The number of hydrogen-bond donors (Lipinski definition) is 0. The average molecular weight is 492 g/mol. The molecule has 3 aromatic carbocycles. The Bertz CT molecular complexity index is 862. The normalized spacial score (nSPS) is 17.2. The van der Waals surface area contributed by atoms with Gasteiger partial charge in [0.25, 0.3) is 0 Å². The van der Waals surface area contributed by atoms with Gasteiger partial charge >= 0.3 is 0 Å². The summed E-state index contributed by atoms with van der Waals surface area (Å²) in [5.41, 5.74) is 0. The molecule has 0 saturated carbocycles. The lowest BCUT2D eigenvalue weighted by Crippen LogP contribution is -2.33. The molecule has 186 valence electrons. The Morgan fingerprint density at radius 2 is 1.23 bits per heavy atom. The van der Waals surface area contributed by atoms with Crippen LogP contribution in [0.1, 0.15) is 45.4 Å². The smallest absolute Gasteiger partial charge is 0.181 e. The SMILES string of the molecule is CC(CCCCCCC[P+](c1ccccc1)(c1ccccc1)c1ccccc1)OC1COCCO1. The van der Waals surface area contributed by atoms with Crippen molar-refractivity contribution in [2.75, 3.05) is 26.0 Å². The molecule has 0 amide bonds. The molecular weight excluding hydrogens is 451 g/mol. The molecular formula is C31H40O3P+. The van der Waals surface area contributed by atoms with Crippen LogP contribution in [0.2, 0.25) is 0 Å². The molecule has 0 aliphatic carbocycles. The third-order valence-corrected chi connectivity index (χ3v) is 11.4. The summed E-state index contributed by atoms with van der Waals surface area (Å²) in [7, 11) is -1.69. The van der Waals surface area contributed by atoms with E-state index in [9.17, 15) is 0 Å². The molecule has 3 nitrogen and oxygen atoms in total. The maximum absolute atomic E-state index is 5.97. The van der Waals surface area contributed by atoms with Gasteiger partial charge in [-0.25, -0.2) is 0 Å². The molecule has 0 aromatic heterocycles. The summed E-state index contributed by atoms with van der Waals surface area (Å²) in [6.45, 7) is 4.02. The van der Waals surface area contributed by atoms with Crippen LogP contribution in [0.15, 0.2) is 91.0 Å². The van der Waals surface area contributed by atoms with Gasteiger partial charge in [-0.2, -0.15) is 0 Å². The molecule has 0 N–H and O–H groups in total. The largest absolute Gasteiger partial charge is 0.374 e. The first kappa shape index (κ1) is 26.0. The summed E-state index contributed by atoms with van der Waals surface area (Å²) in [4.78, 5) is 0. The van der Waals surface area contributed by atoms with E-state index < -0.39 is 7.26 Å². The highest BCUT2D eigenvalue weighted by molar-refractivity contribution is 7.95. The Hall–Kier alpha value is -2.03. The second-order valence-corrected chi connectivity index (χ2v) is 13.0. The first-order valence-electron chi connectivity index (χ1n) is 13.2. The summed E-state index contributed by atoms with van der Waals surface area (Å²) >= 11 is 0. The lowest BCUT2D eigenvalue weighted by atomic mass is 10.1. The van der Waals surface area contributed by atoms with Crippen molar-refractivity contribution < 1.29 is 14.2 Å². The third-order valence-electron chi connectivity index (χ3n) is 6.86. The highest BCUT2D eigenvalue weighted by Gasteiger charge is 2.44. The van der Waals surface area contributed by atoms with Crippen molar-refractivity contribution in [3.05, 3.63) is 91.0 Å². The van der Waals surface area contributed by atoms with E-state index in [-0.39, 0.29) is 12.4 Å². The van der Waals surface area contributed by atoms with Gasteiger partial charge in [-0.15, -0.1) is 0 Å². The van der Waals surface area contributed by atoms with Crippen molar-refractivity contribution >= 4 is 23.2 Å². The zero-order valence-corrected chi connectivity index (χ0v) is 22.0. The fraction of sp³-hybridized carbons (Fsp3) is 0.419. The van der Waals surface area contributed by atoms with Crippen molar-refractivity contribution in [2.45, 2.75) is 57.8 Å². The van der Waals surface area contributed by atoms with Gasteiger partial charge in [0, 0.05) is 0 Å². The van der Waals surface area contributed by atoms with Crippen LogP contribution < -0.4 is 15.9 Å². The van der Waals surface area contributed by atoms with Gasteiger partial charge in [0.15, 0.2) is 6.29 Å². The van der Waals surface area contributed by atoms with E-state index in [0.29, 0.717) is 19.8 Å². The van der Waals surface area contributed by atoms with E-state index in [1.165, 1.54) is 54.2 Å². The number of hydrogen-bond acceptors (Lipinski definition) is 3. The number of unbranched alkanes of at least 4 members (excludes halogenated alkanes) is 4. The van der Waals surface area contributed by atoms with Gasteiger partial charge in [0.2, 0.25) is 0 Å². The van der Waals surface area contributed by atoms with Crippen LogP contribution in [0.25, 0.3) is 0 Å². The lowest BCUT2D eigenvalue weighted by Gasteiger charge is -2.27. The van der Waals surface area contributed by atoms with Crippen LogP contribution >= 0.6 is 7.26 Å². The minimum absolute atomic E-state index is 0.190. The molecule has 0 spiro atoms. The quantitative estimate of drug-likeness (QED) is 0.214. The Kier molecular flexibility index (Phi) is 10.3. The standard InChI is InChI=1S/C31H40O3P/c1-27(34-31-26-32-23-24-33-31)16-8-3-2-4-15-25-35(28-17-9-5-10-18-28,29-19-11-6-12-20-29)30-21-13-7-14-22-30/h5-7,9-14,17-22,27,31H,2-4,8,15-16,23-26H2,1H3/q+1. The van der Waals surface area contributed by atoms with Crippen LogP contribution in [-0.2, 0) is 14.2 Å². The van der Waals surface area contributed by atoms with E-state index in [1.807, 2.05) is 0 Å². The molecule has 1 aliphatic heterocycles. The van der Waals surface area contributed by atoms with Crippen molar-refractivity contribution in [2.24, 2.45) is 0 Å². The molecule has 35 heavy (non-hydrogen) atoms. The average Bonchev–Trinajstić information content (AvgIpc) is 2.92. The Balaban J connectivity index is 1.34. The summed E-state index contributed by atoms with van der Waals surface area (Å²) in [6, 6.07) is 33.6. The van der Waals surface area contributed by atoms with E-state index >= 15 is 0 Å². The maximum atomic E-state index is 5.97. The summed E-state index contributed by atoms with van der Waals surface area (Å²) in [5, 5.41) is 4.45. The monoisotopic (exact) mass is 491 g/mol. The maximum Gasteiger partial charge on any atom is 0.181 e. The summed E-state index contributed by atoms with van der Waals surface area (Å²) < 4.78 is 17.0. The molecule has 2 unspecified atom stereocenters. The van der Waals surface area contributed by atoms with Gasteiger partial charge in [0.05, 0.1) is 32.1 Å². The summed E-state index contributed by atoms with van der Waals surface area (Å²) in [5.74, 6) is 0. The number of rotatable bonds is 13. The lowest BCUT2D eigenvalue weighted by molar-refractivity contribution is -0.228. The van der Waals surface area contributed by atoms with Gasteiger partial charge in [-0.05, 0) is 62.6 Å². The minimum atomic E-state index is -1.69. The van der Waals surface area contributed by atoms with Crippen LogP contribution in [0.3, 0.4) is 0 Å². The van der Waals surface area contributed by atoms with Crippen molar-refractivity contribution in [3.63, 3.8) is 0 Å². The van der Waals surface area contributed by atoms with Crippen molar-refractivity contribution in [1.29, 1.82) is 0 Å². The van der Waals surface area contributed by atoms with E-state index in [2.05, 4.69) is 97.9 Å². The first-order valence-corrected chi connectivity index (χ1v) is 15.2. The molecule has 1 heterocycles. The molecule has 1 aliphatic rings. The fourth-order valence-corrected chi connectivity index (χ4v) is 9.48. The predicted molar refractivity (Wildman–Crippen MR) is 149 cm³/mol. The van der Waals surface area contributed by atoms with E-state index in [0.717, 1.165) is 6.42 Å². The predicted octanol–water partition coefficient (Wildman–Crippen LogP) is 6.10. The topological polar surface area (TPSA) is 27.7 Å². The molecule has 4 rings (SSSR count). The van der Waals surface area contributed by atoms with E-state index in [4.69, 9.17) is 14.2 Å². The molecule has 1 fully saturated rings. The van der Waals surface area contributed by atoms with Crippen molar-refractivity contribution in [3.8, 4) is 0 Å². The molecule has 0 bridgehead atoms. The Labute approximate surface area is 212 Å². The molecule has 2 atom stereocenters. The number of benzene rings is 3. The van der Waals surface area contributed by atoms with Crippen LogP contribution in [0, 0.1) is 0 Å². The molecule has 3 aromatic rings. The van der Waals surface area contributed by atoms with Crippen LogP contribution in [0.4, 0.5) is 0 Å². The molecule has 4 heteroatoms. The first-order chi connectivity index (χ1) is 17.3.